The molecule has 17 heavy (non-hydrogen) atoms. The quantitative estimate of drug-likeness (QED) is 0.844. The van der Waals surface area contributed by atoms with E-state index in [0.717, 1.165) is 11.8 Å². The molecule has 2 rings (SSSR count). The monoisotopic (exact) mass is 254 g/mol. The van der Waals surface area contributed by atoms with Gasteiger partial charge >= 0.3 is 0 Å². The minimum atomic E-state index is -0.406. The molecule has 0 saturated carbocycles. The number of nitrogen functional groups attached to an aromatic ring is 1. The topological polar surface area (TPSA) is 66.0 Å². The van der Waals surface area contributed by atoms with Crippen molar-refractivity contribution in [1.82, 2.24) is 14.8 Å². The lowest BCUT2D eigenvalue weighted by Crippen LogP contribution is -1.96. The Morgan fingerprint density at radius 2 is 2.24 bits per heavy atom. The molecule has 0 bridgehead atoms. The Labute approximate surface area is 102 Å². The fraction of sp³-hybridized carbons (Fsp3) is 0.200. The number of benzene rings is 1. The van der Waals surface area contributed by atoms with Gasteiger partial charge in [-0.05, 0) is 17.8 Å². The zero-order valence-electron chi connectivity index (χ0n) is 9.35. The van der Waals surface area contributed by atoms with Gasteiger partial charge in [0.05, 0.1) is 17.7 Å². The Morgan fingerprint density at radius 1 is 1.47 bits per heavy atom. The Bertz CT molecular complexity index is 543. The fourth-order valence-corrected chi connectivity index (χ4v) is 2.08. The molecule has 90 valence electrons. The van der Waals surface area contributed by atoms with E-state index in [1.807, 2.05) is 0 Å². The molecule has 2 N–H and O–H groups in total. The van der Waals surface area contributed by atoms with Gasteiger partial charge in [0.25, 0.3) is 0 Å². The van der Waals surface area contributed by atoms with Gasteiger partial charge in [0.15, 0.2) is 5.16 Å². The average molecular weight is 254 g/mol. The van der Waals surface area contributed by atoms with Crippen molar-refractivity contribution in [2.75, 3.05) is 12.8 Å². The van der Waals surface area contributed by atoms with Crippen LogP contribution in [0.4, 0.5) is 10.1 Å². The van der Waals surface area contributed by atoms with E-state index in [4.69, 9.17) is 10.5 Å². The SMILES string of the molecule is COc1cc(Sc2ncnn2C)c(F)cc1N. The highest BCUT2D eigenvalue weighted by atomic mass is 32.2. The van der Waals surface area contributed by atoms with E-state index in [0.29, 0.717) is 15.8 Å². The smallest absolute Gasteiger partial charge is 0.190 e. The molecule has 0 aliphatic carbocycles. The Hall–Kier alpha value is -1.76. The second-order valence-corrected chi connectivity index (χ2v) is 4.30. The van der Waals surface area contributed by atoms with E-state index in [-0.39, 0.29) is 5.69 Å². The van der Waals surface area contributed by atoms with E-state index in [1.165, 1.54) is 19.5 Å². The summed E-state index contributed by atoms with van der Waals surface area (Å²) in [5.41, 5.74) is 5.87. The number of ether oxygens (including phenoxy) is 1. The van der Waals surface area contributed by atoms with E-state index >= 15 is 0 Å². The maximum atomic E-state index is 13.7. The molecule has 0 fully saturated rings. The number of hydrogen-bond acceptors (Lipinski definition) is 5. The molecule has 0 spiro atoms. The van der Waals surface area contributed by atoms with Gasteiger partial charge < -0.3 is 10.5 Å². The van der Waals surface area contributed by atoms with Crippen molar-refractivity contribution in [3.63, 3.8) is 0 Å². The lowest BCUT2D eigenvalue weighted by Gasteiger charge is -2.08. The molecule has 0 atom stereocenters. The van der Waals surface area contributed by atoms with Crippen molar-refractivity contribution in [1.29, 1.82) is 0 Å². The molecule has 1 aromatic heterocycles. The molecule has 1 aromatic carbocycles. The first kappa shape index (κ1) is 11.7. The van der Waals surface area contributed by atoms with E-state index in [9.17, 15) is 4.39 Å². The van der Waals surface area contributed by atoms with Gasteiger partial charge in [-0.1, -0.05) is 0 Å². The maximum absolute atomic E-state index is 13.7. The highest BCUT2D eigenvalue weighted by molar-refractivity contribution is 7.99. The third-order valence-electron chi connectivity index (χ3n) is 2.16. The summed E-state index contributed by atoms with van der Waals surface area (Å²) in [5.74, 6) is 0.0346. The largest absolute Gasteiger partial charge is 0.495 e. The molecule has 0 radical (unpaired) electrons. The molecule has 0 amide bonds. The number of rotatable bonds is 3. The zero-order valence-corrected chi connectivity index (χ0v) is 10.2. The molecule has 0 saturated heterocycles. The first-order valence-electron chi connectivity index (χ1n) is 4.76. The van der Waals surface area contributed by atoms with Crippen LogP contribution in [-0.4, -0.2) is 21.9 Å². The Kier molecular flexibility index (Phi) is 3.19. The molecule has 0 unspecified atom stereocenters. The zero-order chi connectivity index (χ0) is 12.4. The van der Waals surface area contributed by atoms with Gasteiger partial charge in [0, 0.05) is 13.1 Å². The number of nitrogens with two attached hydrogens (primary N) is 1. The van der Waals surface area contributed by atoms with E-state index in [2.05, 4.69) is 10.1 Å². The van der Waals surface area contributed by atoms with Crippen LogP contribution in [0.15, 0.2) is 28.5 Å². The van der Waals surface area contributed by atoms with Crippen LogP contribution in [0.5, 0.6) is 5.75 Å². The number of anilines is 1. The predicted molar refractivity (Wildman–Crippen MR) is 62.5 cm³/mol. The Balaban J connectivity index is 2.36. The van der Waals surface area contributed by atoms with Crippen molar-refractivity contribution in [2.45, 2.75) is 10.1 Å². The van der Waals surface area contributed by atoms with Gasteiger partial charge in [0.1, 0.15) is 17.9 Å². The van der Waals surface area contributed by atoms with Gasteiger partial charge in [-0.3, -0.25) is 0 Å². The number of aromatic nitrogens is 3. The van der Waals surface area contributed by atoms with Crippen LogP contribution in [0.3, 0.4) is 0 Å². The van der Waals surface area contributed by atoms with Gasteiger partial charge in [-0.25, -0.2) is 14.1 Å². The van der Waals surface area contributed by atoms with Crippen LogP contribution >= 0.6 is 11.8 Å². The second-order valence-electron chi connectivity index (χ2n) is 3.29. The number of methoxy groups -OCH3 is 1. The number of hydrogen-bond donors (Lipinski definition) is 1. The van der Waals surface area contributed by atoms with Crippen molar-refractivity contribution in [2.24, 2.45) is 7.05 Å². The molecule has 0 aliphatic rings. The van der Waals surface area contributed by atoms with Gasteiger partial charge in [0.2, 0.25) is 0 Å². The van der Waals surface area contributed by atoms with Crippen LogP contribution in [0.25, 0.3) is 0 Å². The van der Waals surface area contributed by atoms with Crippen LogP contribution < -0.4 is 10.5 Å². The van der Waals surface area contributed by atoms with Crippen LogP contribution in [-0.2, 0) is 7.05 Å². The van der Waals surface area contributed by atoms with Crippen LogP contribution in [0, 0.1) is 5.82 Å². The molecule has 1 heterocycles. The van der Waals surface area contributed by atoms with Crippen molar-refractivity contribution in [3.8, 4) is 5.75 Å². The summed E-state index contributed by atoms with van der Waals surface area (Å²) >= 11 is 1.16. The minimum absolute atomic E-state index is 0.271. The highest BCUT2D eigenvalue weighted by Crippen LogP contribution is 2.34. The average Bonchev–Trinajstić information content (AvgIpc) is 2.68. The van der Waals surface area contributed by atoms with Gasteiger partial charge in [-0.15, -0.1) is 0 Å². The molecular weight excluding hydrogens is 243 g/mol. The summed E-state index contributed by atoms with van der Waals surface area (Å²) in [4.78, 5) is 4.40. The van der Waals surface area contributed by atoms with E-state index in [1.54, 1.807) is 17.8 Å². The summed E-state index contributed by atoms with van der Waals surface area (Å²) in [5, 5.41) is 4.50. The fourth-order valence-electron chi connectivity index (χ4n) is 1.28. The lowest BCUT2D eigenvalue weighted by molar-refractivity contribution is 0.414. The minimum Gasteiger partial charge on any atom is -0.495 e. The lowest BCUT2D eigenvalue weighted by atomic mass is 10.3. The third kappa shape index (κ3) is 2.33. The van der Waals surface area contributed by atoms with Crippen molar-refractivity contribution < 1.29 is 9.13 Å². The summed E-state index contributed by atoms with van der Waals surface area (Å²) in [6.45, 7) is 0. The molecule has 7 heteroatoms. The first-order chi connectivity index (χ1) is 8.11. The Morgan fingerprint density at radius 3 is 2.82 bits per heavy atom. The number of halogens is 1. The summed E-state index contributed by atoms with van der Waals surface area (Å²) < 4.78 is 20.3. The first-order valence-corrected chi connectivity index (χ1v) is 5.58. The maximum Gasteiger partial charge on any atom is 0.190 e. The van der Waals surface area contributed by atoms with Crippen molar-refractivity contribution >= 4 is 17.4 Å². The highest BCUT2D eigenvalue weighted by Gasteiger charge is 2.12. The number of nitrogens with zero attached hydrogens (tertiary/aromatic N) is 3. The molecular formula is C10H11FN4OS. The second kappa shape index (κ2) is 4.62. The normalized spacial score (nSPS) is 10.5. The van der Waals surface area contributed by atoms with Gasteiger partial charge in [-0.2, -0.15) is 5.10 Å². The van der Waals surface area contributed by atoms with Crippen LogP contribution in [0.1, 0.15) is 0 Å². The third-order valence-corrected chi connectivity index (χ3v) is 3.24. The molecule has 2 aromatic rings. The number of aryl methyl sites for hydroxylation is 1. The predicted octanol–water partition coefficient (Wildman–Crippen LogP) is 1.70. The van der Waals surface area contributed by atoms with Crippen molar-refractivity contribution in [3.05, 3.63) is 24.3 Å². The summed E-state index contributed by atoms with van der Waals surface area (Å²) in [7, 11) is 3.22. The summed E-state index contributed by atoms with van der Waals surface area (Å²) in [6.07, 6.45) is 1.41. The van der Waals surface area contributed by atoms with Crippen LogP contribution in [0.2, 0.25) is 0 Å². The molecule has 0 aliphatic heterocycles. The standard InChI is InChI=1S/C10H11FN4OS/c1-15-10(13-5-14-15)17-9-4-8(16-2)7(12)3-6(9)11/h3-5H,12H2,1-2H3. The summed E-state index contributed by atoms with van der Waals surface area (Å²) in [6, 6.07) is 2.78. The van der Waals surface area contributed by atoms with E-state index < -0.39 is 5.82 Å². The molecule has 5 nitrogen and oxygen atoms in total.